The Kier molecular flexibility index (Phi) is 7.34. The van der Waals surface area contributed by atoms with E-state index in [1.807, 2.05) is 26.2 Å². The van der Waals surface area contributed by atoms with Crippen molar-refractivity contribution in [3.8, 4) is 0 Å². The number of nitrogens with zero attached hydrogens (tertiary/aromatic N) is 2. The van der Waals surface area contributed by atoms with Crippen LogP contribution < -0.4 is 10.6 Å². The second kappa shape index (κ2) is 9.94. The highest BCUT2D eigenvalue weighted by atomic mass is 35.5. The highest BCUT2D eigenvalue weighted by molar-refractivity contribution is 6.39. The van der Waals surface area contributed by atoms with Gasteiger partial charge in [0.05, 0.1) is 6.04 Å². The molecular formula is C22H29ClN4O2. The third-order valence-corrected chi connectivity index (χ3v) is 5.91. The summed E-state index contributed by atoms with van der Waals surface area (Å²) < 4.78 is 2.08. The molecule has 156 valence electrons. The van der Waals surface area contributed by atoms with Gasteiger partial charge in [0, 0.05) is 36.2 Å². The molecule has 3 rings (SSSR count). The number of rotatable bonds is 5. The van der Waals surface area contributed by atoms with Crippen LogP contribution in [0.5, 0.6) is 0 Å². The number of aryl methyl sites for hydroxylation is 2. The molecule has 1 aliphatic rings. The van der Waals surface area contributed by atoms with E-state index in [-0.39, 0.29) is 6.04 Å². The number of nitrogens with one attached hydrogen (secondary N) is 2. The lowest BCUT2D eigenvalue weighted by molar-refractivity contribution is -0.136. The first-order valence-corrected chi connectivity index (χ1v) is 10.5. The third-order valence-electron chi connectivity index (χ3n) is 5.50. The van der Waals surface area contributed by atoms with Gasteiger partial charge < -0.3 is 15.2 Å². The monoisotopic (exact) mass is 416 g/mol. The normalized spacial score (nSPS) is 16.1. The van der Waals surface area contributed by atoms with E-state index in [0.717, 1.165) is 37.2 Å². The van der Waals surface area contributed by atoms with Crippen LogP contribution in [0.2, 0.25) is 5.02 Å². The summed E-state index contributed by atoms with van der Waals surface area (Å²) in [6, 6.07) is 9.31. The fourth-order valence-corrected chi connectivity index (χ4v) is 3.96. The number of likely N-dealkylation sites (tertiary alicyclic amines) is 1. The first-order chi connectivity index (χ1) is 14.0. The number of halogens is 1. The molecule has 29 heavy (non-hydrogen) atoms. The number of hydrogen-bond acceptors (Lipinski definition) is 3. The second-order valence-corrected chi connectivity index (χ2v) is 8.05. The van der Waals surface area contributed by atoms with Crippen molar-refractivity contribution >= 4 is 29.1 Å². The Bertz CT molecular complexity index is 856. The second-order valence-electron chi connectivity index (χ2n) is 7.64. The van der Waals surface area contributed by atoms with Gasteiger partial charge in [0.25, 0.3) is 0 Å². The zero-order valence-electron chi connectivity index (χ0n) is 17.1. The highest BCUT2D eigenvalue weighted by Crippen LogP contribution is 2.24. The van der Waals surface area contributed by atoms with Gasteiger partial charge in [-0.1, -0.05) is 30.5 Å². The van der Waals surface area contributed by atoms with Crippen LogP contribution in [0.25, 0.3) is 0 Å². The van der Waals surface area contributed by atoms with Crippen LogP contribution in [-0.2, 0) is 16.6 Å². The van der Waals surface area contributed by atoms with E-state index in [0.29, 0.717) is 17.3 Å². The summed E-state index contributed by atoms with van der Waals surface area (Å²) in [6.45, 7) is 4.27. The Balaban J connectivity index is 1.64. The fourth-order valence-electron chi connectivity index (χ4n) is 3.78. The Morgan fingerprint density at radius 3 is 2.45 bits per heavy atom. The molecule has 0 spiro atoms. The lowest BCUT2D eigenvalue weighted by Gasteiger charge is -2.31. The standard InChI is InChI=1S/C22H29ClN4O2/c1-16-9-10-17(14-18(16)23)25-22(29)21(28)24-15-20(19-8-7-11-26(19)2)27-12-5-3-4-6-13-27/h7-11,14,20H,3-6,12-13,15H2,1-2H3,(H,24,28)(H,25,29). The molecule has 1 aromatic heterocycles. The van der Waals surface area contributed by atoms with Crippen LogP contribution in [-0.4, -0.2) is 40.9 Å². The Hall–Kier alpha value is -2.31. The van der Waals surface area contributed by atoms with Gasteiger partial charge in [-0.2, -0.15) is 0 Å². The van der Waals surface area contributed by atoms with Crippen LogP contribution in [0.4, 0.5) is 5.69 Å². The number of carbonyl (C=O) groups excluding carboxylic acids is 2. The first kappa shape index (κ1) is 21.4. The fraction of sp³-hybridized carbons (Fsp3) is 0.455. The van der Waals surface area contributed by atoms with Gasteiger partial charge in [-0.3, -0.25) is 14.5 Å². The summed E-state index contributed by atoms with van der Waals surface area (Å²) in [7, 11) is 2.01. The van der Waals surface area contributed by atoms with E-state index in [4.69, 9.17) is 11.6 Å². The van der Waals surface area contributed by atoms with Crippen molar-refractivity contribution in [2.45, 2.75) is 38.6 Å². The molecule has 2 aromatic rings. The van der Waals surface area contributed by atoms with Crippen molar-refractivity contribution in [3.63, 3.8) is 0 Å². The van der Waals surface area contributed by atoms with Crippen molar-refractivity contribution < 1.29 is 9.59 Å². The van der Waals surface area contributed by atoms with E-state index < -0.39 is 11.8 Å². The summed E-state index contributed by atoms with van der Waals surface area (Å²) in [5, 5.41) is 5.99. The molecule has 1 saturated heterocycles. The van der Waals surface area contributed by atoms with Gasteiger partial charge in [0.2, 0.25) is 0 Å². The van der Waals surface area contributed by atoms with Crippen molar-refractivity contribution in [2.75, 3.05) is 25.0 Å². The number of aromatic nitrogens is 1. The molecule has 7 heteroatoms. The molecule has 0 radical (unpaired) electrons. The minimum absolute atomic E-state index is 0.0404. The molecule has 2 heterocycles. The van der Waals surface area contributed by atoms with Gasteiger partial charge in [0.1, 0.15) is 0 Å². The van der Waals surface area contributed by atoms with Crippen LogP contribution >= 0.6 is 11.6 Å². The number of hydrogen-bond donors (Lipinski definition) is 2. The Labute approximate surface area is 177 Å². The van der Waals surface area contributed by atoms with Crippen molar-refractivity contribution in [1.82, 2.24) is 14.8 Å². The van der Waals surface area contributed by atoms with Gasteiger partial charge in [-0.05, 0) is 62.7 Å². The van der Waals surface area contributed by atoms with Crippen molar-refractivity contribution in [3.05, 3.63) is 52.8 Å². The summed E-state index contributed by atoms with van der Waals surface area (Å²) in [4.78, 5) is 27.2. The Morgan fingerprint density at radius 1 is 1.10 bits per heavy atom. The first-order valence-electron chi connectivity index (χ1n) is 10.2. The molecule has 2 N–H and O–H groups in total. The molecule has 6 nitrogen and oxygen atoms in total. The average Bonchev–Trinajstić information content (AvgIpc) is 2.94. The van der Waals surface area contributed by atoms with Gasteiger partial charge >= 0.3 is 11.8 Å². The van der Waals surface area contributed by atoms with E-state index in [2.05, 4.69) is 26.2 Å². The average molecular weight is 417 g/mol. The van der Waals surface area contributed by atoms with Crippen LogP contribution in [0.3, 0.4) is 0 Å². The maximum atomic E-state index is 12.4. The number of anilines is 1. The van der Waals surface area contributed by atoms with Crippen molar-refractivity contribution in [2.24, 2.45) is 7.05 Å². The molecule has 1 atom stereocenters. The Morgan fingerprint density at radius 2 is 1.83 bits per heavy atom. The summed E-state index contributed by atoms with van der Waals surface area (Å²) in [5.74, 6) is -1.33. The van der Waals surface area contributed by atoms with Gasteiger partial charge in [-0.15, -0.1) is 0 Å². The zero-order chi connectivity index (χ0) is 20.8. The lowest BCUT2D eigenvalue weighted by atomic mass is 10.1. The zero-order valence-corrected chi connectivity index (χ0v) is 17.8. The molecule has 1 fully saturated rings. The highest BCUT2D eigenvalue weighted by Gasteiger charge is 2.25. The third kappa shape index (κ3) is 5.61. The maximum Gasteiger partial charge on any atom is 0.313 e. The van der Waals surface area contributed by atoms with E-state index in [9.17, 15) is 9.59 Å². The minimum atomic E-state index is -0.689. The smallest absolute Gasteiger partial charge is 0.313 e. The van der Waals surface area contributed by atoms with E-state index >= 15 is 0 Å². The predicted octanol–water partition coefficient (Wildman–Crippen LogP) is 3.66. The molecule has 0 bridgehead atoms. The molecular weight excluding hydrogens is 388 g/mol. The maximum absolute atomic E-state index is 12.4. The quantitative estimate of drug-likeness (QED) is 0.731. The van der Waals surface area contributed by atoms with Gasteiger partial charge in [-0.25, -0.2) is 0 Å². The molecule has 0 saturated carbocycles. The topological polar surface area (TPSA) is 66.4 Å². The molecule has 1 aromatic carbocycles. The van der Waals surface area contributed by atoms with Crippen LogP contribution in [0.15, 0.2) is 36.5 Å². The largest absolute Gasteiger partial charge is 0.353 e. The number of benzene rings is 1. The summed E-state index contributed by atoms with van der Waals surface area (Å²) in [6.07, 6.45) is 6.80. The minimum Gasteiger partial charge on any atom is -0.353 e. The summed E-state index contributed by atoms with van der Waals surface area (Å²) in [5.41, 5.74) is 2.56. The van der Waals surface area contributed by atoms with E-state index in [1.165, 1.54) is 12.8 Å². The van der Waals surface area contributed by atoms with E-state index in [1.54, 1.807) is 18.2 Å². The summed E-state index contributed by atoms with van der Waals surface area (Å²) >= 11 is 6.09. The number of amides is 2. The van der Waals surface area contributed by atoms with Crippen molar-refractivity contribution in [1.29, 1.82) is 0 Å². The van der Waals surface area contributed by atoms with Crippen LogP contribution in [0, 0.1) is 6.92 Å². The SMILES string of the molecule is Cc1ccc(NC(=O)C(=O)NCC(c2cccn2C)N2CCCCCC2)cc1Cl. The lowest BCUT2D eigenvalue weighted by Crippen LogP contribution is -2.42. The molecule has 0 aliphatic carbocycles. The number of carbonyl (C=O) groups is 2. The van der Waals surface area contributed by atoms with Gasteiger partial charge in [0.15, 0.2) is 0 Å². The molecule has 1 unspecified atom stereocenters. The molecule has 2 amide bonds. The molecule has 1 aliphatic heterocycles. The van der Waals surface area contributed by atoms with Crippen LogP contribution in [0.1, 0.15) is 43.0 Å². The predicted molar refractivity (Wildman–Crippen MR) is 116 cm³/mol.